The Bertz CT molecular complexity index is 1010. The van der Waals surface area contributed by atoms with Crippen LogP contribution in [0, 0.1) is 0 Å². The van der Waals surface area contributed by atoms with Gasteiger partial charge in [-0.2, -0.15) is 0 Å². The fourth-order valence-corrected chi connectivity index (χ4v) is 3.07. The number of rotatable bonds is 9. The van der Waals surface area contributed by atoms with E-state index in [1.807, 2.05) is 0 Å². The van der Waals surface area contributed by atoms with Crippen molar-refractivity contribution >= 4 is 24.1 Å². The van der Waals surface area contributed by atoms with Crippen molar-refractivity contribution in [3.05, 3.63) is 54.1 Å². The Morgan fingerprint density at radius 3 is 2.09 bits per heavy atom. The maximum atomic E-state index is 12.1. The van der Waals surface area contributed by atoms with Crippen molar-refractivity contribution in [3.63, 3.8) is 0 Å². The zero-order chi connectivity index (χ0) is 24.5. The number of carbonyl (C=O) groups is 4. The van der Waals surface area contributed by atoms with E-state index in [4.69, 9.17) is 24.7 Å². The summed E-state index contributed by atoms with van der Waals surface area (Å²) in [5, 5.41) is 9.48. The fraction of sp³-hybridized carbons (Fsp3) is 0.304. The number of carbonyl (C=O) groups excluding carboxylic acids is 3. The van der Waals surface area contributed by atoms with Gasteiger partial charge in [0.25, 0.3) is 0 Å². The second kappa shape index (κ2) is 11.6. The highest BCUT2D eigenvalue weighted by atomic mass is 16.7. The van der Waals surface area contributed by atoms with Crippen LogP contribution < -0.4 is 19.9 Å². The lowest BCUT2D eigenvalue weighted by molar-refractivity contribution is -0.139. The smallest absolute Gasteiger partial charge is 0.480 e. The van der Waals surface area contributed by atoms with Crippen LogP contribution in [0.15, 0.2) is 48.5 Å². The van der Waals surface area contributed by atoms with Crippen molar-refractivity contribution in [1.82, 2.24) is 0 Å². The lowest BCUT2D eigenvalue weighted by Gasteiger charge is -2.25. The molecule has 0 aromatic heterocycles. The summed E-state index contributed by atoms with van der Waals surface area (Å²) in [6, 6.07) is 11.2. The maximum absolute atomic E-state index is 12.1. The van der Waals surface area contributed by atoms with Gasteiger partial charge in [0.2, 0.25) is 0 Å². The summed E-state index contributed by atoms with van der Waals surface area (Å²) in [5.41, 5.74) is 6.28. The third kappa shape index (κ3) is 7.93. The maximum Gasteiger partial charge on any atom is 0.514 e. The number of ether oxygens (including phenoxy) is 4. The van der Waals surface area contributed by atoms with E-state index in [1.54, 1.807) is 37.3 Å². The molecule has 0 radical (unpaired) electrons. The molecule has 2 aromatic carbocycles. The fourth-order valence-electron chi connectivity index (χ4n) is 3.07. The molecule has 0 heterocycles. The Morgan fingerprint density at radius 1 is 0.909 bits per heavy atom. The minimum atomic E-state index is -1.37. The van der Waals surface area contributed by atoms with Crippen LogP contribution in [0.4, 0.5) is 4.79 Å². The molecular weight excluding hydrogens is 434 g/mol. The number of hydrogen-bond acceptors (Lipinski definition) is 9. The van der Waals surface area contributed by atoms with Crippen molar-refractivity contribution in [1.29, 1.82) is 0 Å². The topological polar surface area (TPSA) is 151 Å². The lowest BCUT2D eigenvalue weighted by Crippen LogP contribution is -2.38. The number of benzene rings is 2. The first-order valence-corrected chi connectivity index (χ1v) is 9.99. The Hall–Kier alpha value is -3.92. The van der Waals surface area contributed by atoms with Crippen LogP contribution in [-0.4, -0.2) is 41.3 Å². The zero-order valence-corrected chi connectivity index (χ0v) is 18.3. The second-order valence-corrected chi connectivity index (χ2v) is 7.19. The highest BCUT2D eigenvalue weighted by molar-refractivity contribution is 5.76. The van der Waals surface area contributed by atoms with E-state index in [2.05, 4.69) is 0 Å². The Kier molecular flexibility index (Phi) is 8.93. The van der Waals surface area contributed by atoms with Crippen LogP contribution in [-0.2, 0) is 19.1 Å². The molecule has 10 nitrogen and oxygen atoms in total. The third-order valence-corrected chi connectivity index (χ3v) is 4.45. The summed E-state index contributed by atoms with van der Waals surface area (Å²) in [7, 11) is 0. The van der Waals surface area contributed by atoms with Crippen molar-refractivity contribution in [3.8, 4) is 17.2 Å². The predicted molar refractivity (Wildman–Crippen MR) is 115 cm³/mol. The van der Waals surface area contributed by atoms with Gasteiger partial charge in [0.15, 0.2) is 11.5 Å². The van der Waals surface area contributed by atoms with E-state index >= 15 is 0 Å². The normalized spacial score (nSPS) is 13.2. The SMILES string of the molecule is CC(=O)Oc1ccc(C(CC(C)OC(=O)Oc2ccccc2)[C@H](N)C(=O)O)cc1OC(C)=O. The van der Waals surface area contributed by atoms with Gasteiger partial charge in [-0.15, -0.1) is 0 Å². The van der Waals surface area contributed by atoms with E-state index < -0.39 is 42.1 Å². The molecule has 3 N–H and O–H groups in total. The molecule has 3 atom stereocenters. The summed E-state index contributed by atoms with van der Waals surface area (Å²) < 4.78 is 20.5. The van der Waals surface area contributed by atoms with Gasteiger partial charge >= 0.3 is 24.1 Å². The van der Waals surface area contributed by atoms with Gasteiger partial charge in [0, 0.05) is 19.8 Å². The minimum absolute atomic E-state index is 0.0140. The van der Waals surface area contributed by atoms with E-state index in [9.17, 15) is 24.3 Å². The predicted octanol–water partition coefficient (Wildman–Crippen LogP) is 3.03. The van der Waals surface area contributed by atoms with Gasteiger partial charge < -0.3 is 29.8 Å². The molecule has 0 saturated carbocycles. The number of aliphatic carboxylic acids is 1. The molecule has 176 valence electrons. The molecule has 2 unspecified atom stereocenters. The van der Waals surface area contributed by atoms with Gasteiger partial charge in [0.1, 0.15) is 17.9 Å². The highest BCUT2D eigenvalue weighted by Gasteiger charge is 2.30. The standard InChI is InChI=1S/C23H25NO9/c1-13(30-23(29)33-17-7-5-4-6-8-17)11-18(21(24)22(27)28)16-9-10-19(31-14(2)25)20(12-16)32-15(3)26/h4-10,12-13,18,21H,11,24H2,1-3H3,(H,27,28)/t13?,18?,21-/m0/s1. The molecule has 33 heavy (non-hydrogen) atoms. The number of nitrogens with two attached hydrogens (primary N) is 1. The van der Waals surface area contributed by atoms with Crippen LogP contribution in [0.5, 0.6) is 17.2 Å². The average molecular weight is 459 g/mol. The lowest BCUT2D eigenvalue weighted by atomic mass is 9.87. The first kappa shape index (κ1) is 25.3. The van der Waals surface area contributed by atoms with Gasteiger partial charge in [-0.1, -0.05) is 24.3 Å². The van der Waals surface area contributed by atoms with Gasteiger partial charge in [-0.3, -0.25) is 14.4 Å². The number of hydrogen-bond donors (Lipinski definition) is 2. The molecule has 2 rings (SSSR count). The monoisotopic (exact) mass is 459 g/mol. The minimum Gasteiger partial charge on any atom is -0.480 e. The number of carboxylic acids is 1. The van der Waals surface area contributed by atoms with Crippen molar-refractivity contribution in [2.24, 2.45) is 5.73 Å². The van der Waals surface area contributed by atoms with E-state index in [1.165, 1.54) is 32.0 Å². The quantitative estimate of drug-likeness (QED) is 0.325. The van der Waals surface area contributed by atoms with Crippen LogP contribution in [0.25, 0.3) is 0 Å². The molecule has 10 heteroatoms. The Labute approximate surface area is 190 Å². The summed E-state index contributed by atoms with van der Waals surface area (Å²) in [5.74, 6) is -3.22. The molecule has 0 amide bonds. The summed E-state index contributed by atoms with van der Waals surface area (Å²) in [6.45, 7) is 3.91. The Morgan fingerprint density at radius 2 is 1.52 bits per heavy atom. The van der Waals surface area contributed by atoms with Crippen molar-refractivity contribution < 1.29 is 43.2 Å². The van der Waals surface area contributed by atoms with Crippen molar-refractivity contribution in [2.45, 2.75) is 45.3 Å². The summed E-state index contributed by atoms with van der Waals surface area (Å²) in [4.78, 5) is 46.5. The molecular formula is C23H25NO9. The number of esters is 2. The molecule has 0 fully saturated rings. The van der Waals surface area contributed by atoms with Crippen molar-refractivity contribution in [2.75, 3.05) is 0 Å². The zero-order valence-electron chi connectivity index (χ0n) is 18.3. The molecule has 0 aliphatic rings. The van der Waals surface area contributed by atoms with Gasteiger partial charge in [-0.05, 0) is 43.2 Å². The second-order valence-electron chi connectivity index (χ2n) is 7.19. The third-order valence-electron chi connectivity index (χ3n) is 4.45. The largest absolute Gasteiger partial charge is 0.514 e. The average Bonchev–Trinajstić information content (AvgIpc) is 2.72. The van der Waals surface area contributed by atoms with Gasteiger partial charge in [-0.25, -0.2) is 4.79 Å². The van der Waals surface area contributed by atoms with Crippen LogP contribution >= 0.6 is 0 Å². The summed E-state index contributed by atoms with van der Waals surface area (Å²) >= 11 is 0. The summed E-state index contributed by atoms with van der Waals surface area (Å²) in [6.07, 6.45) is -1.71. The van der Waals surface area contributed by atoms with Crippen LogP contribution in [0.2, 0.25) is 0 Å². The number of carboxylic acid groups (broad SMARTS) is 1. The molecule has 0 saturated heterocycles. The Balaban J connectivity index is 2.24. The van der Waals surface area contributed by atoms with E-state index in [0.717, 1.165) is 0 Å². The highest BCUT2D eigenvalue weighted by Crippen LogP contribution is 2.34. The first-order chi connectivity index (χ1) is 15.6. The van der Waals surface area contributed by atoms with E-state index in [0.29, 0.717) is 11.3 Å². The van der Waals surface area contributed by atoms with Crippen LogP contribution in [0.3, 0.4) is 0 Å². The molecule has 2 aromatic rings. The first-order valence-electron chi connectivity index (χ1n) is 9.99. The van der Waals surface area contributed by atoms with Gasteiger partial charge in [0.05, 0.1) is 0 Å². The molecule has 0 bridgehead atoms. The molecule has 0 aliphatic carbocycles. The number of para-hydroxylation sites is 1. The van der Waals surface area contributed by atoms with Crippen LogP contribution in [0.1, 0.15) is 38.7 Å². The molecule has 0 spiro atoms. The molecule has 0 aliphatic heterocycles. The van der Waals surface area contributed by atoms with E-state index in [-0.39, 0.29) is 17.9 Å².